The first-order valence-electron chi connectivity index (χ1n) is 5.35. The van der Waals surface area contributed by atoms with Gasteiger partial charge in [0.05, 0.1) is 27.6 Å². The van der Waals surface area contributed by atoms with Crippen LogP contribution >= 0.6 is 11.8 Å². The van der Waals surface area contributed by atoms with Gasteiger partial charge in [-0.1, -0.05) is 0 Å². The molecular formula is C11H7F3N2O4S. The van der Waals surface area contributed by atoms with Gasteiger partial charge in [-0.25, -0.2) is 4.79 Å². The molecule has 0 spiro atoms. The van der Waals surface area contributed by atoms with Crippen LogP contribution in [0.1, 0.15) is 22.8 Å². The quantitative estimate of drug-likeness (QED) is 0.366. The maximum Gasteiger partial charge on any atom is 0.446 e. The third-order valence-corrected chi connectivity index (χ3v) is 2.92. The normalized spacial score (nSPS) is 10.8. The predicted molar refractivity (Wildman–Crippen MR) is 65.7 cm³/mol. The number of thioether (sulfide) groups is 1. The second-order valence-corrected chi connectivity index (χ2v) is 4.61. The van der Waals surface area contributed by atoms with Gasteiger partial charge < -0.3 is 4.74 Å². The van der Waals surface area contributed by atoms with Crippen molar-refractivity contribution in [3.63, 3.8) is 0 Å². The number of alkyl halides is 3. The van der Waals surface area contributed by atoms with Gasteiger partial charge in [0.2, 0.25) is 0 Å². The molecule has 0 fully saturated rings. The number of nitro benzene ring substituents is 1. The van der Waals surface area contributed by atoms with Crippen LogP contribution in [0.2, 0.25) is 0 Å². The second-order valence-electron chi connectivity index (χ2n) is 3.50. The van der Waals surface area contributed by atoms with Gasteiger partial charge in [0.25, 0.3) is 5.69 Å². The van der Waals surface area contributed by atoms with E-state index in [0.29, 0.717) is 12.1 Å². The van der Waals surface area contributed by atoms with Crippen molar-refractivity contribution >= 4 is 23.4 Å². The fourth-order valence-corrected chi connectivity index (χ4v) is 2.05. The monoisotopic (exact) mass is 320 g/mol. The van der Waals surface area contributed by atoms with Crippen molar-refractivity contribution < 1.29 is 27.6 Å². The lowest BCUT2D eigenvalue weighted by Crippen LogP contribution is -2.09. The van der Waals surface area contributed by atoms with Gasteiger partial charge in [0.15, 0.2) is 0 Å². The molecule has 0 N–H and O–H groups in total. The molecule has 0 unspecified atom stereocenters. The minimum Gasteiger partial charge on any atom is -0.462 e. The molecule has 0 aliphatic carbocycles. The van der Waals surface area contributed by atoms with Crippen LogP contribution in [0.5, 0.6) is 0 Å². The Bertz CT molecular complexity index is 625. The highest BCUT2D eigenvalue weighted by molar-refractivity contribution is 8.00. The number of esters is 1. The van der Waals surface area contributed by atoms with Crippen molar-refractivity contribution in [2.75, 3.05) is 6.61 Å². The molecule has 0 radical (unpaired) electrons. The Labute approximate surface area is 120 Å². The average Bonchev–Trinajstić information content (AvgIpc) is 2.36. The zero-order valence-corrected chi connectivity index (χ0v) is 11.2. The first-order valence-corrected chi connectivity index (χ1v) is 6.16. The van der Waals surface area contributed by atoms with E-state index in [1.165, 1.54) is 13.0 Å². The molecule has 1 aromatic rings. The molecule has 0 heterocycles. The van der Waals surface area contributed by atoms with Gasteiger partial charge in [0.1, 0.15) is 6.07 Å². The number of nitriles is 1. The van der Waals surface area contributed by atoms with E-state index in [1.54, 1.807) is 0 Å². The maximum absolute atomic E-state index is 12.4. The Balaban J connectivity index is 3.47. The molecule has 0 saturated carbocycles. The largest absolute Gasteiger partial charge is 0.462 e. The van der Waals surface area contributed by atoms with Crippen molar-refractivity contribution in [1.82, 2.24) is 0 Å². The molecule has 0 amide bonds. The lowest BCUT2D eigenvalue weighted by atomic mass is 10.1. The predicted octanol–water partition coefficient (Wildman–Crippen LogP) is 3.26. The van der Waals surface area contributed by atoms with E-state index in [1.807, 2.05) is 0 Å². The van der Waals surface area contributed by atoms with Gasteiger partial charge in [-0.05, 0) is 24.8 Å². The average molecular weight is 320 g/mol. The third kappa shape index (κ3) is 4.35. The van der Waals surface area contributed by atoms with Crippen molar-refractivity contribution in [3.05, 3.63) is 33.4 Å². The third-order valence-electron chi connectivity index (χ3n) is 2.14. The number of ether oxygens (including phenoxy) is 1. The first-order chi connectivity index (χ1) is 9.69. The van der Waals surface area contributed by atoms with Crippen LogP contribution < -0.4 is 0 Å². The summed E-state index contributed by atoms with van der Waals surface area (Å²) in [6.07, 6.45) is 0. The molecule has 0 saturated heterocycles. The highest BCUT2D eigenvalue weighted by Gasteiger charge is 2.34. The lowest BCUT2D eigenvalue weighted by molar-refractivity contribution is -0.387. The van der Waals surface area contributed by atoms with Gasteiger partial charge in [-0.2, -0.15) is 18.4 Å². The molecule has 0 bridgehead atoms. The fourth-order valence-electron chi connectivity index (χ4n) is 1.39. The minimum atomic E-state index is -4.77. The number of hydrogen-bond acceptors (Lipinski definition) is 6. The van der Waals surface area contributed by atoms with Crippen molar-refractivity contribution in [3.8, 4) is 6.07 Å². The van der Waals surface area contributed by atoms with Crippen molar-refractivity contribution in [1.29, 1.82) is 5.26 Å². The topological polar surface area (TPSA) is 93.2 Å². The Kier molecular flexibility index (Phi) is 5.15. The SMILES string of the molecule is CCOC(=O)c1cc(SC(F)(F)F)c([N+](=O)[O-])cc1C#N. The Morgan fingerprint density at radius 3 is 2.57 bits per heavy atom. The summed E-state index contributed by atoms with van der Waals surface area (Å²) < 4.78 is 41.8. The number of nitrogens with zero attached hydrogens (tertiary/aromatic N) is 2. The Morgan fingerprint density at radius 1 is 1.52 bits per heavy atom. The summed E-state index contributed by atoms with van der Waals surface area (Å²) in [6, 6.07) is 2.80. The molecule has 0 aliphatic heterocycles. The molecule has 1 rings (SSSR count). The standard InChI is InChI=1S/C11H7F3N2O4S/c1-2-20-10(17)7-4-9(21-11(12,13)14)8(16(18)19)3-6(7)5-15/h3-4H,2H2,1H3. The Hall–Kier alpha value is -2.28. The van der Waals surface area contributed by atoms with Crippen molar-refractivity contribution in [2.45, 2.75) is 17.3 Å². The summed E-state index contributed by atoms with van der Waals surface area (Å²) >= 11 is -0.734. The fraction of sp³-hybridized carbons (Fsp3) is 0.273. The molecule has 21 heavy (non-hydrogen) atoms. The van der Waals surface area contributed by atoms with Crippen LogP contribution in [0.3, 0.4) is 0 Å². The smallest absolute Gasteiger partial charge is 0.446 e. The number of carbonyl (C=O) groups is 1. The van der Waals surface area contributed by atoms with E-state index in [4.69, 9.17) is 5.26 Å². The van der Waals surface area contributed by atoms with E-state index in [-0.39, 0.29) is 6.61 Å². The number of carbonyl (C=O) groups excluding carboxylic acids is 1. The molecule has 10 heteroatoms. The summed E-state index contributed by atoms with van der Waals surface area (Å²) in [6.45, 7) is 1.42. The van der Waals surface area contributed by atoms with Crippen LogP contribution in [0.15, 0.2) is 17.0 Å². The van der Waals surface area contributed by atoms with E-state index < -0.39 is 49.9 Å². The van der Waals surface area contributed by atoms with E-state index in [0.717, 1.165) is 0 Å². The second kappa shape index (κ2) is 6.45. The first kappa shape index (κ1) is 16.8. The molecular weight excluding hydrogens is 313 g/mol. The molecule has 112 valence electrons. The van der Waals surface area contributed by atoms with E-state index in [9.17, 15) is 28.1 Å². The highest BCUT2D eigenvalue weighted by Crippen LogP contribution is 2.42. The van der Waals surface area contributed by atoms with Crippen LogP contribution in [0, 0.1) is 21.4 Å². The van der Waals surface area contributed by atoms with Crippen LogP contribution in [0.4, 0.5) is 18.9 Å². The molecule has 0 aliphatic rings. The van der Waals surface area contributed by atoms with Crippen LogP contribution in [0.25, 0.3) is 0 Å². The van der Waals surface area contributed by atoms with Crippen LogP contribution in [-0.4, -0.2) is 23.0 Å². The minimum absolute atomic E-state index is 0.0531. The molecule has 0 aromatic heterocycles. The number of rotatable bonds is 4. The lowest BCUT2D eigenvalue weighted by Gasteiger charge is -2.09. The molecule has 0 atom stereocenters. The zero-order chi connectivity index (χ0) is 16.2. The molecule has 1 aromatic carbocycles. The zero-order valence-electron chi connectivity index (χ0n) is 10.4. The highest BCUT2D eigenvalue weighted by atomic mass is 32.2. The summed E-state index contributed by atoms with van der Waals surface area (Å²) in [7, 11) is 0. The van der Waals surface area contributed by atoms with Gasteiger partial charge >= 0.3 is 11.5 Å². The van der Waals surface area contributed by atoms with Gasteiger partial charge in [-0.15, -0.1) is 0 Å². The molecule has 6 nitrogen and oxygen atoms in total. The summed E-state index contributed by atoms with van der Waals surface area (Å²) in [5.74, 6) is -1.02. The summed E-state index contributed by atoms with van der Waals surface area (Å²) in [5.41, 5.74) is -6.55. The maximum atomic E-state index is 12.4. The number of hydrogen-bond donors (Lipinski definition) is 0. The van der Waals surface area contributed by atoms with Gasteiger partial charge in [0, 0.05) is 6.07 Å². The van der Waals surface area contributed by atoms with Gasteiger partial charge in [-0.3, -0.25) is 10.1 Å². The Morgan fingerprint density at radius 2 is 2.14 bits per heavy atom. The number of benzene rings is 1. The van der Waals surface area contributed by atoms with E-state index >= 15 is 0 Å². The van der Waals surface area contributed by atoms with E-state index in [2.05, 4.69) is 4.74 Å². The summed E-state index contributed by atoms with van der Waals surface area (Å²) in [4.78, 5) is 20.5. The van der Waals surface area contributed by atoms with Crippen molar-refractivity contribution in [2.24, 2.45) is 0 Å². The number of nitro groups is 1. The van der Waals surface area contributed by atoms with Crippen LogP contribution in [-0.2, 0) is 4.74 Å². The number of halogens is 3. The summed E-state index contributed by atoms with van der Waals surface area (Å²) in [5, 5.41) is 19.6.